The van der Waals surface area contributed by atoms with Crippen LogP contribution in [-0.4, -0.2) is 39.5 Å². The van der Waals surface area contributed by atoms with E-state index in [4.69, 9.17) is 5.73 Å². The molecule has 1 amide bonds. The summed E-state index contributed by atoms with van der Waals surface area (Å²) >= 11 is 0. The number of aromatic nitrogens is 2. The summed E-state index contributed by atoms with van der Waals surface area (Å²) in [6.07, 6.45) is 17.1. The van der Waals surface area contributed by atoms with Crippen molar-refractivity contribution in [3.8, 4) is 0 Å². The normalized spacial score (nSPS) is 39.2. The molecule has 1 aromatic heterocycles. The van der Waals surface area contributed by atoms with Gasteiger partial charge in [0.15, 0.2) is 0 Å². The number of carbonyl (C=O) groups is 2. The fourth-order valence-electron chi connectivity index (χ4n) is 13.6. The first kappa shape index (κ1) is 35.2. The van der Waals surface area contributed by atoms with E-state index in [9.17, 15) is 14.7 Å². The van der Waals surface area contributed by atoms with Crippen LogP contribution in [0.5, 0.6) is 0 Å². The highest BCUT2D eigenvalue weighted by atomic mass is 16.4. The molecule has 10 atom stereocenters. The summed E-state index contributed by atoms with van der Waals surface area (Å²) in [5.41, 5.74) is 12.2. The number of nitrogens with one attached hydrogen (secondary N) is 2. The lowest BCUT2D eigenvalue weighted by Crippen LogP contribution is -2.66. The van der Waals surface area contributed by atoms with Crippen LogP contribution >= 0.6 is 0 Å². The van der Waals surface area contributed by atoms with Gasteiger partial charge in [-0.2, -0.15) is 0 Å². The van der Waals surface area contributed by atoms with Crippen LogP contribution < -0.4 is 11.1 Å². The Bertz CT molecular complexity index is 1680. The Labute approximate surface area is 299 Å². The van der Waals surface area contributed by atoms with Crippen molar-refractivity contribution < 1.29 is 14.7 Å². The van der Waals surface area contributed by atoms with Crippen LogP contribution in [0.15, 0.2) is 55.0 Å². The fraction of sp³-hybridized carbons (Fsp3) is 0.651. The first-order valence-electron chi connectivity index (χ1n) is 19.3. The zero-order chi connectivity index (χ0) is 35.9. The predicted octanol–water partition coefficient (Wildman–Crippen LogP) is 8.45. The molecule has 5 aliphatic rings. The lowest BCUT2D eigenvalue weighted by Gasteiger charge is -2.72. The number of nitrogens with two attached hydrogens (primary N) is 1. The van der Waals surface area contributed by atoms with Gasteiger partial charge >= 0.3 is 5.97 Å². The Morgan fingerprint density at radius 3 is 2.40 bits per heavy atom. The van der Waals surface area contributed by atoms with Gasteiger partial charge in [0.1, 0.15) is 0 Å². The van der Waals surface area contributed by atoms with Gasteiger partial charge in [-0.1, -0.05) is 65.0 Å². The van der Waals surface area contributed by atoms with E-state index >= 15 is 0 Å². The number of allylic oxidation sites excluding steroid dienone is 3. The molecule has 7 rings (SSSR count). The summed E-state index contributed by atoms with van der Waals surface area (Å²) in [5, 5.41) is 12.9. The zero-order valence-electron chi connectivity index (χ0n) is 31.3. The number of carboxylic acids is 1. The molecule has 1 aromatic carbocycles. The molecule has 7 heteroatoms. The second-order valence-electron chi connectivity index (χ2n) is 18.6. The first-order valence-corrected chi connectivity index (χ1v) is 19.3. The number of nitrogens with zero attached hydrogens (tertiary/aromatic N) is 1. The van der Waals surface area contributed by atoms with Crippen molar-refractivity contribution in [1.29, 1.82) is 0 Å². The Hall–Kier alpha value is -3.19. The molecule has 5 aliphatic carbocycles. The Kier molecular flexibility index (Phi) is 8.60. The summed E-state index contributed by atoms with van der Waals surface area (Å²) in [4.78, 5) is 32.1. The topological polar surface area (TPSA) is 121 Å². The highest BCUT2D eigenvalue weighted by Crippen LogP contribution is 2.77. The highest BCUT2D eigenvalue weighted by Gasteiger charge is 2.70. The number of hydrogen-bond donors (Lipinski definition) is 4. The maximum atomic E-state index is 13.4. The summed E-state index contributed by atoms with van der Waals surface area (Å²) in [7, 11) is 0. The second-order valence-corrected chi connectivity index (χ2v) is 18.6. The minimum atomic E-state index is -0.876. The molecule has 4 saturated carbocycles. The molecule has 2 aromatic rings. The first-order chi connectivity index (χ1) is 23.6. The number of carbonyl (C=O) groups excluding carboxylic acids is 1. The number of carboxylic acid groups (broad SMARTS) is 1. The van der Waals surface area contributed by atoms with Gasteiger partial charge in [0.05, 0.1) is 17.9 Å². The third-order valence-electron chi connectivity index (χ3n) is 16.2. The van der Waals surface area contributed by atoms with E-state index in [2.05, 4.69) is 69.5 Å². The standard InChI is InChI=1S/C43H60N4O3/c1-26(2)30-14-19-43(24-46-37(48)33(44)22-29-23-45-25-47-29)21-20-41(6)32(36(30)43)12-13-35-40(5)17-15-31(27-8-10-28(11-9-27)38(49)50)39(3,4)34(40)16-18-42(35,41)7/h8-11,15,23,25,30,32-36H,1,12-14,16-22,24,44H2,2-7H3,(H,45,47)(H,46,48)(H,49,50). The van der Waals surface area contributed by atoms with Crippen LogP contribution in [0.3, 0.4) is 0 Å². The third-order valence-corrected chi connectivity index (χ3v) is 16.2. The number of fused-ring (bicyclic) bond motifs is 7. The number of aromatic carboxylic acids is 1. The number of aromatic amines is 1. The SMILES string of the molecule is C=C(C)C1CCC2(CNC(=O)C(N)Cc3cnc[nH]3)CCC3(C)C(CCC4C5(C)CC=C(c6ccc(C(=O)O)cc6)C(C)(C)C5CCC43C)C12. The van der Waals surface area contributed by atoms with Crippen molar-refractivity contribution in [3.63, 3.8) is 0 Å². The van der Waals surface area contributed by atoms with Gasteiger partial charge in [0.2, 0.25) is 5.91 Å². The quantitative estimate of drug-likeness (QED) is 0.209. The molecular weight excluding hydrogens is 620 g/mol. The summed E-state index contributed by atoms with van der Waals surface area (Å²) < 4.78 is 0. The fourth-order valence-corrected chi connectivity index (χ4v) is 13.6. The molecule has 10 unspecified atom stereocenters. The molecule has 4 fully saturated rings. The van der Waals surface area contributed by atoms with Crippen molar-refractivity contribution in [2.24, 2.45) is 62.4 Å². The maximum absolute atomic E-state index is 13.4. The van der Waals surface area contributed by atoms with Crippen molar-refractivity contribution in [1.82, 2.24) is 15.3 Å². The van der Waals surface area contributed by atoms with Gasteiger partial charge in [0, 0.05) is 24.9 Å². The number of amides is 1. The van der Waals surface area contributed by atoms with Gasteiger partial charge in [-0.15, -0.1) is 0 Å². The van der Waals surface area contributed by atoms with Crippen LogP contribution in [0.4, 0.5) is 0 Å². The number of benzene rings is 1. The van der Waals surface area contributed by atoms with Crippen LogP contribution in [0.25, 0.3) is 5.57 Å². The largest absolute Gasteiger partial charge is 0.478 e. The van der Waals surface area contributed by atoms with E-state index < -0.39 is 12.0 Å². The molecule has 5 N–H and O–H groups in total. The number of rotatable bonds is 8. The van der Waals surface area contributed by atoms with E-state index in [1.54, 1.807) is 24.7 Å². The predicted molar refractivity (Wildman–Crippen MR) is 199 cm³/mol. The summed E-state index contributed by atoms with van der Waals surface area (Å²) in [5.74, 6) is 1.88. The lowest BCUT2D eigenvalue weighted by atomic mass is 9.32. The van der Waals surface area contributed by atoms with Crippen LogP contribution in [0.1, 0.15) is 121 Å². The van der Waals surface area contributed by atoms with E-state index in [1.165, 1.54) is 43.3 Å². The Balaban J connectivity index is 1.16. The van der Waals surface area contributed by atoms with Crippen LogP contribution in [0.2, 0.25) is 0 Å². The zero-order valence-corrected chi connectivity index (χ0v) is 31.3. The van der Waals surface area contributed by atoms with Gasteiger partial charge in [-0.05, 0) is 145 Å². The Morgan fingerprint density at radius 1 is 1.00 bits per heavy atom. The van der Waals surface area contributed by atoms with E-state index in [-0.39, 0.29) is 33.0 Å². The van der Waals surface area contributed by atoms with Gasteiger partial charge in [-0.3, -0.25) is 4.79 Å². The molecule has 0 aliphatic heterocycles. The second kappa shape index (κ2) is 12.2. The third kappa shape index (κ3) is 5.18. The molecule has 0 spiro atoms. The van der Waals surface area contributed by atoms with E-state index in [0.29, 0.717) is 48.1 Å². The molecular formula is C43H60N4O3. The van der Waals surface area contributed by atoms with Crippen molar-refractivity contribution in [2.75, 3.05) is 6.54 Å². The molecule has 7 nitrogen and oxygen atoms in total. The molecule has 50 heavy (non-hydrogen) atoms. The monoisotopic (exact) mass is 680 g/mol. The van der Waals surface area contributed by atoms with Gasteiger partial charge in [0.25, 0.3) is 0 Å². The molecule has 0 radical (unpaired) electrons. The van der Waals surface area contributed by atoms with Crippen molar-refractivity contribution in [2.45, 2.75) is 112 Å². The van der Waals surface area contributed by atoms with Gasteiger partial charge < -0.3 is 21.1 Å². The van der Waals surface area contributed by atoms with Crippen molar-refractivity contribution in [3.05, 3.63) is 71.8 Å². The number of hydrogen-bond acceptors (Lipinski definition) is 4. The molecule has 1 heterocycles. The van der Waals surface area contributed by atoms with Crippen molar-refractivity contribution >= 4 is 17.4 Å². The Morgan fingerprint density at radius 2 is 1.74 bits per heavy atom. The minimum absolute atomic E-state index is 0.00844. The lowest BCUT2D eigenvalue weighted by molar-refractivity contribution is -0.225. The molecule has 270 valence electrons. The highest BCUT2D eigenvalue weighted by molar-refractivity contribution is 5.88. The average molecular weight is 681 g/mol. The maximum Gasteiger partial charge on any atom is 0.335 e. The van der Waals surface area contributed by atoms with Crippen LogP contribution in [-0.2, 0) is 11.2 Å². The summed E-state index contributed by atoms with van der Waals surface area (Å²) in [6, 6.07) is 6.95. The smallest absolute Gasteiger partial charge is 0.335 e. The number of H-pyrrole nitrogens is 1. The molecule has 0 saturated heterocycles. The number of imidazole rings is 1. The van der Waals surface area contributed by atoms with E-state index in [1.807, 2.05) is 12.1 Å². The average Bonchev–Trinajstić information content (AvgIpc) is 3.72. The van der Waals surface area contributed by atoms with Gasteiger partial charge in [-0.25, -0.2) is 9.78 Å². The minimum Gasteiger partial charge on any atom is -0.478 e. The molecule has 0 bridgehead atoms. The summed E-state index contributed by atoms with van der Waals surface area (Å²) in [6.45, 7) is 20.4. The van der Waals surface area contributed by atoms with E-state index in [0.717, 1.165) is 36.9 Å². The van der Waals surface area contributed by atoms with Crippen LogP contribution in [0, 0.1) is 56.7 Å².